The SMILES string of the molecule is Cc1ccc(C)c2c1C(C)CC2CC(=O)O. The van der Waals surface area contributed by atoms with Crippen molar-refractivity contribution in [2.24, 2.45) is 0 Å². The molecule has 0 aliphatic heterocycles. The molecule has 1 aromatic rings. The zero-order chi connectivity index (χ0) is 11.9. The number of carbonyl (C=O) groups is 1. The molecule has 0 aromatic heterocycles. The first-order chi connectivity index (χ1) is 7.50. The van der Waals surface area contributed by atoms with Crippen LogP contribution in [0.25, 0.3) is 0 Å². The Morgan fingerprint density at radius 1 is 1.31 bits per heavy atom. The van der Waals surface area contributed by atoms with Gasteiger partial charge in [0.25, 0.3) is 0 Å². The third-order valence-electron chi connectivity index (χ3n) is 3.68. The molecule has 2 heteroatoms. The standard InChI is InChI=1S/C14H18O2/c1-8-4-5-9(2)14-11(7-12(15)16)6-10(3)13(8)14/h4-5,10-11H,6-7H2,1-3H3,(H,15,16). The Morgan fingerprint density at radius 3 is 2.44 bits per heavy atom. The third-order valence-corrected chi connectivity index (χ3v) is 3.68. The highest BCUT2D eigenvalue weighted by Crippen LogP contribution is 2.46. The van der Waals surface area contributed by atoms with Gasteiger partial charge in [-0.3, -0.25) is 4.79 Å². The summed E-state index contributed by atoms with van der Waals surface area (Å²) in [7, 11) is 0. The molecule has 0 amide bonds. The Morgan fingerprint density at radius 2 is 1.88 bits per heavy atom. The van der Waals surface area contributed by atoms with E-state index in [2.05, 4.69) is 32.9 Å². The average Bonchev–Trinajstić information content (AvgIpc) is 2.49. The van der Waals surface area contributed by atoms with E-state index in [-0.39, 0.29) is 12.3 Å². The van der Waals surface area contributed by atoms with Crippen LogP contribution in [0, 0.1) is 13.8 Å². The number of rotatable bonds is 2. The molecular weight excluding hydrogens is 200 g/mol. The van der Waals surface area contributed by atoms with E-state index in [0.29, 0.717) is 5.92 Å². The smallest absolute Gasteiger partial charge is 0.303 e. The fourth-order valence-corrected chi connectivity index (χ4v) is 3.11. The molecule has 0 spiro atoms. The van der Waals surface area contributed by atoms with Crippen molar-refractivity contribution in [1.82, 2.24) is 0 Å². The maximum absolute atomic E-state index is 10.9. The second-order valence-corrected chi connectivity index (χ2v) is 4.96. The summed E-state index contributed by atoms with van der Waals surface area (Å²) in [6.45, 7) is 6.41. The Bertz CT molecular complexity index is 435. The molecule has 2 atom stereocenters. The van der Waals surface area contributed by atoms with Crippen LogP contribution in [0.15, 0.2) is 12.1 Å². The Kier molecular flexibility index (Phi) is 2.75. The van der Waals surface area contributed by atoms with Crippen LogP contribution in [0.1, 0.15) is 53.9 Å². The minimum atomic E-state index is -0.689. The van der Waals surface area contributed by atoms with E-state index in [4.69, 9.17) is 5.11 Å². The first-order valence-corrected chi connectivity index (χ1v) is 5.82. The number of benzene rings is 1. The molecule has 0 heterocycles. The van der Waals surface area contributed by atoms with Crippen molar-refractivity contribution in [1.29, 1.82) is 0 Å². The molecular formula is C14H18O2. The summed E-state index contributed by atoms with van der Waals surface area (Å²) in [5, 5.41) is 8.95. The molecule has 0 radical (unpaired) electrons. The summed E-state index contributed by atoms with van der Waals surface area (Å²) in [6.07, 6.45) is 1.24. The van der Waals surface area contributed by atoms with Gasteiger partial charge < -0.3 is 5.11 Å². The predicted octanol–water partition coefficient (Wildman–Crippen LogP) is 3.37. The summed E-state index contributed by atoms with van der Waals surface area (Å²) >= 11 is 0. The minimum absolute atomic E-state index is 0.211. The van der Waals surface area contributed by atoms with Crippen molar-refractivity contribution in [3.8, 4) is 0 Å². The number of carboxylic acids is 1. The molecule has 2 unspecified atom stereocenters. The third kappa shape index (κ3) is 1.73. The number of hydrogen-bond acceptors (Lipinski definition) is 1. The topological polar surface area (TPSA) is 37.3 Å². The molecule has 0 fully saturated rings. The van der Waals surface area contributed by atoms with Gasteiger partial charge in [-0.15, -0.1) is 0 Å². The molecule has 0 saturated carbocycles. The van der Waals surface area contributed by atoms with Crippen molar-refractivity contribution >= 4 is 5.97 Å². The van der Waals surface area contributed by atoms with E-state index >= 15 is 0 Å². The summed E-state index contributed by atoms with van der Waals surface area (Å²) in [5.74, 6) is 0.0209. The van der Waals surface area contributed by atoms with E-state index in [0.717, 1.165) is 6.42 Å². The minimum Gasteiger partial charge on any atom is -0.481 e. The van der Waals surface area contributed by atoms with Crippen molar-refractivity contribution in [3.05, 3.63) is 34.4 Å². The van der Waals surface area contributed by atoms with Crippen LogP contribution < -0.4 is 0 Å². The van der Waals surface area contributed by atoms with Gasteiger partial charge in [-0.05, 0) is 54.4 Å². The van der Waals surface area contributed by atoms with Crippen LogP contribution in [0.5, 0.6) is 0 Å². The Hall–Kier alpha value is -1.31. The van der Waals surface area contributed by atoms with E-state index in [1.54, 1.807) is 0 Å². The molecule has 2 nitrogen and oxygen atoms in total. The van der Waals surface area contributed by atoms with Crippen LogP contribution >= 0.6 is 0 Å². The number of aliphatic carboxylic acids is 1. The van der Waals surface area contributed by atoms with Crippen LogP contribution in [-0.4, -0.2) is 11.1 Å². The first kappa shape index (κ1) is 11.2. The zero-order valence-electron chi connectivity index (χ0n) is 10.1. The van der Waals surface area contributed by atoms with Crippen molar-refractivity contribution in [3.63, 3.8) is 0 Å². The van der Waals surface area contributed by atoms with Gasteiger partial charge in [0.15, 0.2) is 0 Å². The second kappa shape index (κ2) is 3.93. The van der Waals surface area contributed by atoms with Crippen LogP contribution in [0.2, 0.25) is 0 Å². The Balaban J connectivity index is 2.48. The number of carboxylic acid groups (broad SMARTS) is 1. The lowest BCUT2D eigenvalue weighted by Crippen LogP contribution is -2.04. The number of aryl methyl sites for hydroxylation is 2. The van der Waals surface area contributed by atoms with Crippen LogP contribution in [-0.2, 0) is 4.79 Å². The van der Waals surface area contributed by atoms with Gasteiger partial charge in [-0.25, -0.2) is 0 Å². The maximum Gasteiger partial charge on any atom is 0.303 e. The summed E-state index contributed by atoms with van der Waals surface area (Å²) in [4.78, 5) is 10.9. The van der Waals surface area contributed by atoms with Gasteiger partial charge in [0, 0.05) is 0 Å². The lowest BCUT2D eigenvalue weighted by molar-refractivity contribution is -0.137. The van der Waals surface area contributed by atoms with E-state index in [9.17, 15) is 4.79 Å². The highest BCUT2D eigenvalue weighted by Gasteiger charge is 2.31. The molecule has 2 rings (SSSR count). The molecule has 16 heavy (non-hydrogen) atoms. The van der Waals surface area contributed by atoms with Crippen LogP contribution in [0.4, 0.5) is 0 Å². The largest absolute Gasteiger partial charge is 0.481 e. The second-order valence-electron chi connectivity index (χ2n) is 4.96. The quantitative estimate of drug-likeness (QED) is 0.826. The molecule has 86 valence electrons. The lowest BCUT2D eigenvalue weighted by atomic mass is 9.92. The molecule has 1 N–H and O–H groups in total. The summed E-state index contributed by atoms with van der Waals surface area (Å²) < 4.78 is 0. The van der Waals surface area contributed by atoms with E-state index in [1.807, 2.05) is 0 Å². The van der Waals surface area contributed by atoms with Gasteiger partial charge in [-0.2, -0.15) is 0 Å². The van der Waals surface area contributed by atoms with E-state index in [1.165, 1.54) is 22.3 Å². The van der Waals surface area contributed by atoms with Gasteiger partial charge in [-0.1, -0.05) is 19.1 Å². The summed E-state index contributed by atoms with van der Waals surface area (Å²) in [6, 6.07) is 4.26. The maximum atomic E-state index is 10.9. The normalized spacial score (nSPS) is 23.2. The fourth-order valence-electron chi connectivity index (χ4n) is 3.11. The van der Waals surface area contributed by atoms with Gasteiger partial charge in [0.1, 0.15) is 0 Å². The van der Waals surface area contributed by atoms with Gasteiger partial charge in [0.2, 0.25) is 0 Å². The first-order valence-electron chi connectivity index (χ1n) is 5.82. The van der Waals surface area contributed by atoms with Gasteiger partial charge in [0.05, 0.1) is 6.42 Å². The summed E-state index contributed by atoms with van der Waals surface area (Å²) in [5.41, 5.74) is 5.25. The number of fused-ring (bicyclic) bond motifs is 1. The zero-order valence-corrected chi connectivity index (χ0v) is 10.1. The highest BCUT2D eigenvalue weighted by atomic mass is 16.4. The Labute approximate surface area is 96.3 Å². The molecule has 0 bridgehead atoms. The predicted molar refractivity (Wildman–Crippen MR) is 63.9 cm³/mol. The van der Waals surface area contributed by atoms with Gasteiger partial charge >= 0.3 is 5.97 Å². The highest BCUT2D eigenvalue weighted by molar-refractivity contribution is 5.69. The van der Waals surface area contributed by atoms with Crippen molar-refractivity contribution in [2.75, 3.05) is 0 Å². The van der Waals surface area contributed by atoms with Crippen molar-refractivity contribution in [2.45, 2.75) is 45.4 Å². The monoisotopic (exact) mass is 218 g/mol. The lowest BCUT2D eigenvalue weighted by Gasteiger charge is -2.13. The molecule has 0 saturated heterocycles. The van der Waals surface area contributed by atoms with E-state index < -0.39 is 5.97 Å². The average molecular weight is 218 g/mol. The molecule has 1 aliphatic carbocycles. The fraction of sp³-hybridized carbons (Fsp3) is 0.500. The molecule has 1 aliphatic rings. The van der Waals surface area contributed by atoms with Crippen molar-refractivity contribution < 1.29 is 9.90 Å². The van der Waals surface area contributed by atoms with Crippen LogP contribution in [0.3, 0.4) is 0 Å². The molecule has 1 aromatic carbocycles. The number of hydrogen-bond donors (Lipinski definition) is 1.